The van der Waals surface area contributed by atoms with Gasteiger partial charge in [-0.05, 0) is 37.3 Å². The summed E-state index contributed by atoms with van der Waals surface area (Å²) in [5, 5.41) is 6.77. The number of aliphatic imine (C=N–C) groups is 1. The third kappa shape index (κ3) is 6.63. The second-order valence-electron chi connectivity index (χ2n) is 7.22. The third-order valence-electron chi connectivity index (χ3n) is 4.15. The molecule has 6 heteroatoms. The summed E-state index contributed by atoms with van der Waals surface area (Å²) in [7, 11) is 0. The molecular weight excluding hydrogens is 417 g/mol. The number of hydrogen-bond acceptors (Lipinski definition) is 3. The minimum absolute atomic E-state index is 0. The van der Waals surface area contributed by atoms with E-state index in [4.69, 9.17) is 9.15 Å². The van der Waals surface area contributed by atoms with Crippen molar-refractivity contribution in [1.29, 1.82) is 0 Å². The average molecular weight is 449 g/mol. The lowest BCUT2D eigenvalue weighted by Gasteiger charge is -2.40. The lowest BCUT2D eigenvalue weighted by molar-refractivity contribution is -0.0835. The maximum Gasteiger partial charge on any atom is 0.191 e. The second kappa shape index (κ2) is 10.3. The number of nitrogens with zero attached hydrogens (tertiary/aromatic N) is 1. The van der Waals surface area contributed by atoms with Crippen LogP contribution in [0.5, 0.6) is 0 Å². The fraction of sp³-hybridized carbons (Fsp3) is 0.722. The van der Waals surface area contributed by atoms with E-state index in [0.717, 1.165) is 37.8 Å². The zero-order chi connectivity index (χ0) is 16.7. The predicted octanol–water partition coefficient (Wildman–Crippen LogP) is 3.79. The maximum absolute atomic E-state index is 6.05. The number of guanidine groups is 1. The lowest BCUT2D eigenvalue weighted by Crippen LogP contribution is -2.47. The number of rotatable bonds is 5. The van der Waals surface area contributed by atoms with Crippen molar-refractivity contribution in [3.8, 4) is 0 Å². The molecule has 0 aliphatic carbocycles. The largest absolute Gasteiger partial charge is 0.467 e. The number of furan rings is 1. The summed E-state index contributed by atoms with van der Waals surface area (Å²) in [5.41, 5.74) is 0.163. The van der Waals surface area contributed by atoms with Crippen LogP contribution in [-0.2, 0) is 11.3 Å². The van der Waals surface area contributed by atoms with E-state index in [1.165, 1.54) is 6.42 Å². The molecule has 0 spiro atoms. The van der Waals surface area contributed by atoms with Crippen molar-refractivity contribution >= 4 is 29.9 Å². The van der Waals surface area contributed by atoms with Gasteiger partial charge in [0, 0.05) is 25.6 Å². The number of nitrogens with one attached hydrogen (secondary N) is 2. The van der Waals surface area contributed by atoms with Gasteiger partial charge >= 0.3 is 0 Å². The topological polar surface area (TPSA) is 58.8 Å². The highest BCUT2D eigenvalue weighted by molar-refractivity contribution is 14.0. The van der Waals surface area contributed by atoms with Crippen molar-refractivity contribution in [3.05, 3.63) is 24.2 Å². The smallest absolute Gasteiger partial charge is 0.191 e. The van der Waals surface area contributed by atoms with Crippen LogP contribution in [0.3, 0.4) is 0 Å². The molecule has 0 bridgehead atoms. The van der Waals surface area contributed by atoms with E-state index in [9.17, 15) is 0 Å². The Morgan fingerprint density at radius 3 is 2.75 bits per heavy atom. The van der Waals surface area contributed by atoms with Crippen LogP contribution in [-0.4, -0.2) is 31.8 Å². The zero-order valence-corrected chi connectivity index (χ0v) is 17.6. The lowest BCUT2D eigenvalue weighted by atomic mass is 9.78. The van der Waals surface area contributed by atoms with Gasteiger partial charge < -0.3 is 19.8 Å². The van der Waals surface area contributed by atoms with Crippen LogP contribution >= 0.6 is 24.0 Å². The molecule has 2 atom stereocenters. The summed E-state index contributed by atoms with van der Waals surface area (Å²) >= 11 is 0. The predicted molar refractivity (Wildman–Crippen MR) is 109 cm³/mol. The second-order valence-corrected chi connectivity index (χ2v) is 7.22. The van der Waals surface area contributed by atoms with E-state index in [2.05, 4.69) is 43.3 Å². The van der Waals surface area contributed by atoms with Crippen molar-refractivity contribution < 1.29 is 9.15 Å². The molecular formula is C18H32IN3O2. The van der Waals surface area contributed by atoms with Gasteiger partial charge in [-0.1, -0.05) is 20.8 Å². The van der Waals surface area contributed by atoms with Gasteiger partial charge in [0.15, 0.2) is 5.96 Å². The SMILES string of the molecule is CCNC(=NCc1ccco1)NCC1CCCOC1C(C)(C)C.I. The van der Waals surface area contributed by atoms with E-state index < -0.39 is 0 Å². The molecule has 1 fully saturated rings. The van der Waals surface area contributed by atoms with E-state index in [0.29, 0.717) is 12.5 Å². The molecule has 1 saturated heterocycles. The van der Waals surface area contributed by atoms with Gasteiger partial charge in [-0.2, -0.15) is 0 Å². The minimum atomic E-state index is 0. The Morgan fingerprint density at radius 2 is 2.12 bits per heavy atom. The number of hydrogen-bond donors (Lipinski definition) is 2. The molecule has 1 aromatic heterocycles. The average Bonchev–Trinajstić information content (AvgIpc) is 3.03. The summed E-state index contributed by atoms with van der Waals surface area (Å²) in [4.78, 5) is 4.59. The third-order valence-corrected chi connectivity index (χ3v) is 4.15. The molecule has 138 valence electrons. The van der Waals surface area contributed by atoms with Crippen LogP contribution in [0.2, 0.25) is 0 Å². The molecule has 2 rings (SSSR count). The zero-order valence-electron chi connectivity index (χ0n) is 15.3. The summed E-state index contributed by atoms with van der Waals surface area (Å²) in [6, 6.07) is 3.83. The van der Waals surface area contributed by atoms with Crippen molar-refractivity contribution in [1.82, 2.24) is 10.6 Å². The standard InChI is InChI=1S/C18H31N3O2.HI/c1-5-19-17(21-13-15-9-7-10-22-15)20-12-14-8-6-11-23-16(14)18(2,3)4;/h7,9-10,14,16H,5-6,8,11-13H2,1-4H3,(H2,19,20,21);1H. The summed E-state index contributed by atoms with van der Waals surface area (Å²) in [6.45, 7) is 12.0. The normalized spacial score (nSPS) is 21.9. The van der Waals surface area contributed by atoms with Crippen LogP contribution in [0, 0.1) is 11.3 Å². The van der Waals surface area contributed by atoms with Crippen molar-refractivity contribution in [2.45, 2.75) is 53.2 Å². The fourth-order valence-electron chi connectivity index (χ4n) is 3.14. The van der Waals surface area contributed by atoms with Crippen molar-refractivity contribution in [2.24, 2.45) is 16.3 Å². The first kappa shape index (κ1) is 21.3. The molecule has 2 heterocycles. The Labute approximate surface area is 163 Å². The molecule has 1 aliphatic rings. The molecule has 1 aromatic rings. The summed E-state index contributed by atoms with van der Waals surface area (Å²) < 4.78 is 11.4. The highest BCUT2D eigenvalue weighted by atomic mass is 127. The summed E-state index contributed by atoms with van der Waals surface area (Å²) in [5.74, 6) is 2.22. The van der Waals surface area contributed by atoms with Gasteiger partial charge in [0.1, 0.15) is 12.3 Å². The molecule has 0 radical (unpaired) electrons. The maximum atomic E-state index is 6.05. The minimum Gasteiger partial charge on any atom is -0.467 e. The van der Waals surface area contributed by atoms with Crippen molar-refractivity contribution in [2.75, 3.05) is 19.7 Å². The molecule has 2 unspecified atom stereocenters. The van der Waals surface area contributed by atoms with Crippen molar-refractivity contribution in [3.63, 3.8) is 0 Å². The Morgan fingerprint density at radius 1 is 1.33 bits per heavy atom. The van der Waals surface area contributed by atoms with Gasteiger partial charge in [0.2, 0.25) is 0 Å². The first-order valence-electron chi connectivity index (χ1n) is 8.67. The quantitative estimate of drug-likeness (QED) is 0.408. The number of halogens is 1. The molecule has 0 amide bonds. The van der Waals surface area contributed by atoms with Crippen LogP contribution in [0.15, 0.2) is 27.8 Å². The fourth-order valence-corrected chi connectivity index (χ4v) is 3.14. The molecule has 24 heavy (non-hydrogen) atoms. The van der Waals surface area contributed by atoms with Gasteiger partial charge in [-0.15, -0.1) is 24.0 Å². The van der Waals surface area contributed by atoms with E-state index in [1.807, 2.05) is 12.1 Å². The van der Waals surface area contributed by atoms with Crippen LogP contribution < -0.4 is 10.6 Å². The van der Waals surface area contributed by atoms with E-state index >= 15 is 0 Å². The van der Waals surface area contributed by atoms with Crippen LogP contribution in [0.25, 0.3) is 0 Å². The highest BCUT2D eigenvalue weighted by Gasteiger charge is 2.35. The Balaban J connectivity index is 0.00000288. The Hall–Kier alpha value is -0.760. The molecule has 1 aliphatic heterocycles. The van der Waals surface area contributed by atoms with Crippen LogP contribution in [0.1, 0.15) is 46.3 Å². The molecule has 5 nitrogen and oxygen atoms in total. The first-order chi connectivity index (χ1) is 11.0. The van der Waals surface area contributed by atoms with E-state index in [1.54, 1.807) is 6.26 Å². The molecule has 0 aromatic carbocycles. The van der Waals surface area contributed by atoms with Gasteiger partial charge in [-0.25, -0.2) is 4.99 Å². The Kier molecular flexibility index (Phi) is 9.12. The first-order valence-corrected chi connectivity index (χ1v) is 8.67. The summed E-state index contributed by atoms with van der Waals surface area (Å²) in [6.07, 6.45) is 4.31. The number of ether oxygens (including phenoxy) is 1. The highest BCUT2D eigenvalue weighted by Crippen LogP contribution is 2.33. The van der Waals surface area contributed by atoms with E-state index in [-0.39, 0.29) is 35.5 Å². The van der Waals surface area contributed by atoms with Gasteiger partial charge in [-0.3, -0.25) is 0 Å². The van der Waals surface area contributed by atoms with Gasteiger partial charge in [0.05, 0.1) is 12.4 Å². The van der Waals surface area contributed by atoms with Gasteiger partial charge in [0.25, 0.3) is 0 Å². The Bertz CT molecular complexity index is 483. The molecule has 2 N–H and O–H groups in total. The van der Waals surface area contributed by atoms with Crippen LogP contribution in [0.4, 0.5) is 0 Å². The monoisotopic (exact) mass is 449 g/mol. The molecule has 0 saturated carbocycles.